The van der Waals surface area contributed by atoms with Gasteiger partial charge in [-0.3, -0.25) is 4.90 Å². The number of nitrogens with one attached hydrogen (secondary N) is 2. The van der Waals surface area contributed by atoms with Crippen LogP contribution < -0.4 is 15.5 Å². The third-order valence-corrected chi connectivity index (χ3v) is 7.16. The van der Waals surface area contributed by atoms with E-state index in [9.17, 15) is 13.9 Å². The molecule has 37 heavy (non-hydrogen) atoms. The number of aromatic hydroxyl groups is 1. The molecule has 6 nitrogen and oxygen atoms in total. The Labute approximate surface area is 222 Å². The monoisotopic (exact) mass is 519 g/mol. The molecule has 1 aromatic heterocycles. The zero-order valence-electron chi connectivity index (χ0n) is 23.4. The van der Waals surface area contributed by atoms with Crippen molar-refractivity contribution in [3.8, 4) is 5.75 Å². The first-order chi connectivity index (χ1) is 17.9. The lowest BCUT2D eigenvalue weighted by molar-refractivity contribution is 0.0934. The van der Waals surface area contributed by atoms with Crippen molar-refractivity contribution in [1.29, 1.82) is 0 Å². The van der Waals surface area contributed by atoms with Gasteiger partial charge in [-0.25, -0.2) is 13.8 Å². The van der Waals surface area contributed by atoms with Gasteiger partial charge >= 0.3 is 0 Å². The van der Waals surface area contributed by atoms with Gasteiger partial charge in [0, 0.05) is 55.7 Å². The van der Waals surface area contributed by atoms with Gasteiger partial charge in [0.1, 0.15) is 5.83 Å². The molecule has 2 fully saturated rings. The van der Waals surface area contributed by atoms with E-state index in [1.54, 1.807) is 19.2 Å². The summed E-state index contributed by atoms with van der Waals surface area (Å²) in [4.78, 5) is 9.40. The molecule has 3 N–H and O–H groups in total. The molecule has 208 valence electrons. The van der Waals surface area contributed by atoms with Crippen LogP contribution in [-0.4, -0.2) is 66.3 Å². The van der Waals surface area contributed by atoms with Crippen molar-refractivity contribution < 1.29 is 13.9 Å². The summed E-state index contributed by atoms with van der Waals surface area (Å²) in [7, 11) is 0. The minimum atomic E-state index is -0.828. The van der Waals surface area contributed by atoms with Crippen LogP contribution >= 0.6 is 0 Å². The summed E-state index contributed by atoms with van der Waals surface area (Å²) in [6.07, 6.45) is 7.00. The van der Waals surface area contributed by atoms with Crippen LogP contribution in [0, 0.1) is 0 Å². The van der Waals surface area contributed by atoms with E-state index >= 15 is 0 Å². The predicted molar refractivity (Wildman–Crippen MR) is 151 cm³/mol. The zero-order chi connectivity index (χ0) is 27.4. The smallest absolute Gasteiger partial charge is 0.171 e. The fourth-order valence-corrected chi connectivity index (χ4v) is 4.93. The van der Waals surface area contributed by atoms with Gasteiger partial charge in [0.25, 0.3) is 0 Å². The van der Waals surface area contributed by atoms with Crippen molar-refractivity contribution in [2.24, 2.45) is 0 Å². The number of halogens is 2. The summed E-state index contributed by atoms with van der Waals surface area (Å²) in [5.74, 6) is -0.852. The van der Waals surface area contributed by atoms with Gasteiger partial charge in [-0.2, -0.15) is 0 Å². The second-order valence-electron chi connectivity index (χ2n) is 9.39. The molecule has 1 atom stereocenters. The number of aromatic nitrogens is 1. The van der Waals surface area contributed by atoms with Gasteiger partial charge in [0.15, 0.2) is 17.4 Å². The Hall–Kier alpha value is -2.45. The van der Waals surface area contributed by atoms with Crippen LogP contribution in [0.3, 0.4) is 0 Å². The Morgan fingerprint density at radius 1 is 1.19 bits per heavy atom. The Kier molecular flexibility index (Phi) is 13.1. The fraction of sp³-hybridized carbons (Fsp3) is 0.621. The summed E-state index contributed by atoms with van der Waals surface area (Å²) in [6.45, 7) is 18.9. The van der Waals surface area contributed by atoms with Crippen LogP contribution in [0.2, 0.25) is 0 Å². The molecule has 2 aliphatic heterocycles. The number of allylic oxidation sites excluding steroid dienone is 3. The molecule has 8 heteroatoms. The number of pyridine rings is 1. The zero-order valence-corrected chi connectivity index (χ0v) is 23.4. The molecule has 0 amide bonds. The van der Waals surface area contributed by atoms with Crippen molar-refractivity contribution >= 4 is 11.5 Å². The summed E-state index contributed by atoms with van der Waals surface area (Å²) in [5, 5.41) is 17.4. The number of piperazine rings is 1. The first kappa shape index (κ1) is 30.8. The highest BCUT2D eigenvalue weighted by atomic mass is 19.2. The minimum Gasteiger partial charge on any atom is -0.504 e. The molecule has 0 bridgehead atoms. The van der Waals surface area contributed by atoms with E-state index in [2.05, 4.69) is 38.9 Å². The second kappa shape index (κ2) is 15.7. The Balaban J connectivity index is 0.00000235. The fourth-order valence-electron chi connectivity index (χ4n) is 4.93. The topological polar surface area (TPSA) is 63.7 Å². The molecule has 2 aliphatic rings. The van der Waals surface area contributed by atoms with E-state index in [0.29, 0.717) is 42.1 Å². The van der Waals surface area contributed by atoms with Crippen molar-refractivity contribution in [3.05, 3.63) is 47.7 Å². The number of hydrogen-bond donors (Lipinski definition) is 3. The van der Waals surface area contributed by atoms with Crippen molar-refractivity contribution in [2.45, 2.75) is 78.8 Å². The molecule has 0 aliphatic carbocycles. The van der Waals surface area contributed by atoms with Crippen LogP contribution in [0.5, 0.6) is 5.75 Å². The standard InChI is InChI=1S/C27H41F2N5O.C2H6/c1-5-20(14-25(29)24(28)7-3)16-31-19(4)21-15-26(35)27(32-17-21)33-12-13-34(22(6-2)18-33)23-8-10-30-11-9-23;1-2/h14-15,17,22-23,30-31,35H,4-13,16,18H2,1-3H3;1-2H3/b20-14+,25-24-;. The Morgan fingerprint density at radius 3 is 2.49 bits per heavy atom. The molecule has 0 saturated carbocycles. The van der Waals surface area contributed by atoms with Gasteiger partial charge in [0.05, 0.1) is 0 Å². The molecule has 0 spiro atoms. The van der Waals surface area contributed by atoms with Gasteiger partial charge < -0.3 is 20.6 Å². The van der Waals surface area contributed by atoms with Crippen LogP contribution in [0.15, 0.2) is 42.1 Å². The van der Waals surface area contributed by atoms with Crippen LogP contribution in [0.1, 0.15) is 72.3 Å². The average Bonchev–Trinajstić information content (AvgIpc) is 2.95. The van der Waals surface area contributed by atoms with Crippen molar-refractivity contribution in [2.75, 3.05) is 44.2 Å². The molecule has 2 saturated heterocycles. The van der Waals surface area contributed by atoms with Gasteiger partial charge in [-0.05, 0) is 62.9 Å². The van der Waals surface area contributed by atoms with E-state index in [1.807, 2.05) is 20.8 Å². The quantitative estimate of drug-likeness (QED) is 0.334. The van der Waals surface area contributed by atoms with Crippen LogP contribution in [0.25, 0.3) is 5.70 Å². The van der Waals surface area contributed by atoms with E-state index in [1.165, 1.54) is 18.9 Å². The molecule has 3 heterocycles. The molecule has 1 unspecified atom stereocenters. The average molecular weight is 520 g/mol. The van der Waals surface area contributed by atoms with Crippen molar-refractivity contribution in [1.82, 2.24) is 20.5 Å². The number of anilines is 1. The van der Waals surface area contributed by atoms with E-state index < -0.39 is 11.7 Å². The first-order valence-electron chi connectivity index (χ1n) is 13.9. The maximum atomic E-state index is 13.9. The second-order valence-corrected chi connectivity index (χ2v) is 9.39. The van der Waals surface area contributed by atoms with E-state index in [-0.39, 0.29) is 12.2 Å². The van der Waals surface area contributed by atoms with E-state index in [4.69, 9.17) is 0 Å². The normalized spacial score (nSPS) is 20.1. The highest BCUT2D eigenvalue weighted by Gasteiger charge is 2.32. The molecule has 0 radical (unpaired) electrons. The van der Waals surface area contributed by atoms with Gasteiger partial charge in [-0.1, -0.05) is 41.2 Å². The lowest BCUT2D eigenvalue weighted by Crippen LogP contribution is -2.58. The lowest BCUT2D eigenvalue weighted by atomic mass is 9.99. The third-order valence-electron chi connectivity index (χ3n) is 7.16. The largest absolute Gasteiger partial charge is 0.504 e. The van der Waals surface area contributed by atoms with Crippen LogP contribution in [0.4, 0.5) is 14.6 Å². The van der Waals surface area contributed by atoms with E-state index in [0.717, 1.165) is 44.7 Å². The van der Waals surface area contributed by atoms with Gasteiger partial charge in [-0.15, -0.1) is 0 Å². The number of hydrogen-bond acceptors (Lipinski definition) is 6. The predicted octanol–water partition coefficient (Wildman–Crippen LogP) is 5.92. The maximum absolute atomic E-state index is 13.9. The molecular weight excluding hydrogens is 472 g/mol. The number of rotatable bonds is 10. The number of nitrogens with zero attached hydrogens (tertiary/aromatic N) is 3. The minimum absolute atomic E-state index is 0.0306. The summed E-state index contributed by atoms with van der Waals surface area (Å²) in [5.41, 5.74) is 1.96. The highest BCUT2D eigenvalue weighted by molar-refractivity contribution is 5.66. The summed E-state index contributed by atoms with van der Waals surface area (Å²) >= 11 is 0. The molecule has 0 aromatic carbocycles. The van der Waals surface area contributed by atoms with Crippen LogP contribution in [-0.2, 0) is 0 Å². The highest BCUT2D eigenvalue weighted by Crippen LogP contribution is 2.31. The Morgan fingerprint density at radius 2 is 1.89 bits per heavy atom. The van der Waals surface area contributed by atoms with Crippen molar-refractivity contribution in [3.63, 3.8) is 0 Å². The van der Waals surface area contributed by atoms with Gasteiger partial charge in [0.2, 0.25) is 0 Å². The molecular formula is C29H47F2N5O. The maximum Gasteiger partial charge on any atom is 0.171 e. The number of piperidine rings is 1. The molecule has 1 aromatic rings. The summed E-state index contributed by atoms with van der Waals surface area (Å²) < 4.78 is 27.3. The molecule has 3 rings (SSSR count). The summed E-state index contributed by atoms with van der Waals surface area (Å²) in [6, 6.07) is 2.74. The lowest BCUT2D eigenvalue weighted by Gasteiger charge is -2.46. The third kappa shape index (κ3) is 8.54. The Bertz CT molecular complexity index is 927. The SMILES string of the molecule is C=C(NC/C(=C/C(F)=C(/F)CC)CC)c1cnc(N2CCN(C3CCNCC3)C(CC)C2)c(O)c1.CC. The first-order valence-corrected chi connectivity index (χ1v) is 13.9.